The molecule has 3 aromatic rings. The fourth-order valence-electron chi connectivity index (χ4n) is 4.92. The maximum atomic E-state index is 4.85. The zero-order valence-electron chi connectivity index (χ0n) is 16.3. The minimum absolute atomic E-state index is 0.348. The van der Waals surface area contributed by atoms with Crippen LogP contribution in [0.25, 0.3) is 11.0 Å². The van der Waals surface area contributed by atoms with Gasteiger partial charge >= 0.3 is 0 Å². The minimum atomic E-state index is 0.348. The Kier molecular flexibility index (Phi) is 5.10. The lowest BCUT2D eigenvalue weighted by Crippen LogP contribution is -2.47. The van der Waals surface area contributed by atoms with E-state index in [4.69, 9.17) is 9.97 Å². The smallest absolute Gasteiger partial charge is 0.108 e. The summed E-state index contributed by atoms with van der Waals surface area (Å²) in [5.41, 5.74) is 4.85. The van der Waals surface area contributed by atoms with Gasteiger partial charge in [0.15, 0.2) is 0 Å². The molecule has 0 amide bonds. The van der Waals surface area contributed by atoms with Crippen molar-refractivity contribution in [2.24, 2.45) is 5.92 Å². The number of para-hydroxylation sites is 2. The van der Waals surface area contributed by atoms with Gasteiger partial charge in [-0.25, -0.2) is 4.98 Å². The first-order chi connectivity index (χ1) is 13.9. The molecular weight excluding hydrogens is 346 g/mol. The summed E-state index contributed by atoms with van der Waals surface area (Å²) in [4.78, 5) is 13.1. The van der Waals surface area contributed by atoms with Crippen LogP contribution < -0.4 is 10.6 Å². The molecule has 5 heteroatoms. The molecule has 2 aliphatic rings. The van der Waals surface area contributed by atoms with Crippen molar-refractivity contribution in [1.82, 2.24) is 25.6 Å². The van der Waals surface area contributed by atoms with E-state index < -0.39 is 0 Å². The first-order valence-electron chi connectivity index (χ1n) is 10.7. The first-order valence-corrected chi connectivity index (χ1v) is 10.7. The lowest BCUT2D eigenvalue weighted by atomic mass is 9.86. The molecule has 2 aromatic heterocycles. The average Bonchev–Trinajstić information content (AvgIpc) is 3.17. The summed E-state index contributed by atoms with van der Waals surface area (Å²) in [7, 11) is 0. The summed E-state index contributed by atoms with van der Waals surface area (Å²) in [6, 6.07) is 13.4. The third-order valence-corrected chi connectivity index (χ3v) is 6.37. The molecule has 1 aliphatic heterocycles. The van der Waals surface area contributed by atoms with Crippen LogP contribution in [0.3, 0.4) is 0 Å². The molecule has 5 rings (SSSR count). The van der Waals surface area contributed by atoms with Crippen LogP contribution in [0.5, 0.6) is 0 Å². The second-order valence-electron chi connectivity index (χ2n) is 8.28. The Balaban J connectivity index is 1.40. The fourth-order valence-corrected chi connectivity index (χ4v) is 4.92. The van der Waals surface area contributed by atoms with E-state index >= 15 is 0 Å². The molecule has 3 unspecified atom stereocenters. The van der Waals surface area contributed by atoms with Crippen molar-refractivity contribution < 1.29 is 0 Å². The molecule has 3 atom stereocenters. The monoisotopic (exact) mass is 375 g/mol. The van der Waals surface area contributed by atoms with E-state index in [1.54, 1.807) is 0 Å². The molecule has 3 heterocycles. The highest BCUT2D eigenvalue weighted by molar-refractivity contribution is 5.74. The van der Waals surface area contributed by atoms with Crippen molar-refractivity contribution >= 4 is 11.0 Å². The van der Waals surface area contributed by atoms with Gasteiger partial charge in [-0.2, -0.15) is 0 Å². The summed E-state index contributed by atoms with van der Waals surface area (Å²) in [6.07, 6.45) is 8.95. The SMILES string of the molecule is c1cnc2c(c1)CCCC2NC(Cc1nc2ccccc2[nH]1)C1CCCNC1. The number of benzene rings is 1. The lowest BCUT2D eigenvalue weighted by Gasteiger charge is -2.35. The van der Waals surface area contributed by atoms with E-state index in [0.717, 1.165) is 42.8 Å². The van der Waals surface area contributed by atoms with Crippen LogP contribution in [-0.4, -0.2) is 34.1 Å². The number of piperidine rings is 1. The molecule has 146 valence electrons. The molecule has 0 radical (unpaired) electrons. The molecule has 0 saturated carbocycles. The van der Waals surface area contributed by atoms with Gasteiger partial charge in [0.05, 0.1) is 16.7 Å². The van der Waals surface area contributed by atoms with E-state index in [1.165, 1.54) is 36.9 Å². The first kappa shape index (κ1) is 17.8. The number of fused-ring (bicyclic) bond motifs is 2. The number of aryl methyl sites for hydroxylation is 1. The number of nitrogens with zero attached hydrogens (tertiary/aromatic N) is 2. The highest BCUT2D eigenvalue weighted by Crippen LogP contribution is 2.30. The van der Waals surface area contributed by atoms with Crippen LogP contribution in [0.15, 0.2) is 42.6 Å². The predicted molar refractivity (Wildman–Crippen MR) is 112 cm³/mol. The quantitative estimate of drug-likeness (QED) is 0.638. The van der Waals surface area contributed by atoms with Crippen LogP contribution in [-0.2, 0) is 12.8 Å². The Bertz CT molecular complexity index is 894. The molecule has 0 spiro atoms. The minimum Gasteiger partial charge on any atom is -0.342 e. The number of pyridine rings is 1. The van der Waals surface area contributed by atoms with Crippen LogP contribution >= 0.6 is 0 Å². The zero-order chi connectivity index (χ0) is 18.8. The third kappa shape index (κ3) is 3.69. The number of aromatic amines is 1. The van der Waals surface area contributed by atoms with E-state index in [2.05, 4.69) is 52.0 Å². The lowest BCUT2D eigenvalue weighted by molar-refractivity contribution is 0.251. The molecule has 28 heavy (non-hydrogen) atoms. The number of hydrogen-bond donors (Lipinski definition) is 3. The van der Waals surface area contributed by atoms with Crippen molar-refractivity contribution in [3.8, 4) is 0 Å². The van der Waals surface area contributed by atoms with Crippen molar-refractivity contribution in [2.45, 2.75) is 50.6 Å². The van der Waals surface area contributed by atoms with Gasteiger partial charge in [-0.15, -0.1) is 0 Å². The second kappa shape index (κ2) is 8.02. The Morgan fingerprint density at radius 1 is 1.11 bits per heavy atom. The molecule has 5 nitrogen and oxygen atoms in total. The van der Waals surface area contributed by atoms with Gasteiger partial charge in [0.25, 0.3) is 0 Å². The van der Waals surface area contributed by atoms with E-state index in [9.17, 15) is 0 Å². The van der Waals surface area contributed by atoms with Crippen molar-refractivity contribution in [2.75, 3.05) is 13.1 Å². The maximum Gasteiger partial charge on any atom is 0.108 e. The summed E-state index contributed by atoms with van der Waals surface area (Å²) >= 11 is 0. The number of aromatic nitrogens is 3. The molecule has 1 fully saturated rings. The van der Waals surface area contributed by atoms with E-state index in [1.807, 2.05) is 6.20 Å². The normalized spacial score (nSPS) is 23.4. The third-order valence-electron chi connectivity index (χ3n) is 6.37. The Morgan fingerprint density at radius 2 is 2.07 bits per heavy atom. The van der Waals surface area contributed by atoms with E-state index in [0.29, 0.717) is 18.0 Å². The van der Waals surface area contributed by atoms with Crippen molar-refractivity contribution in [3.63, 3.8) is 0 Å². The number of H-pyrrole nitrogens is 1. The summed E-state index contributed by atoms with van der Waals surface area (Å²) in [5, 5.41) is 7.61. The van der Waals surface area contributed by atoms with Crippen molar-refractivity contribution in [1.29, 1.82) is 0 Å². The Hall–Kier alpha value is -2.24. The molecule has 1 aromatic carbocycles. The van der Waals surface area contributed by atoms with Gasteiger partial charge in [0, 0.05) is 24.7 Å². The second-order valence-corrected chi connectivity index (χ2v) is 8.28. The largest absolute Gasteiger partial charge is 0.342 e. The van der Waals surface area contributed by atoms with Crippen LogP contribution in [0.2, 0.25) is 0 Å². The van der Waals surface area contributed by atoms with Crippen LogP contribution in [0, 0.1) is 5.92 Å². The molecule has 1 aliphatic carbocycles. The number of rotatable bonds is 5. The summed E-state index contributed by atoms with van der Waals surface area (Å²) in [5.74, 6) is 1.71. The fraction of sp³-hybridized carbons (Fsp3) is 0.478. The zero-order valence-corrected chi connectivity index (χ0v) is 16.3. The van der Waals surface area contributed by atoms with Crippen LogP contribution in [0.4, 0.5) is 0 Å². The Morgan fingerprint density at radius 3 is 2.96 bits per heavy atom. The molecule has 1 saturated heterocycles. The van der Waals surface area contributed by atoms with Gasteiger partial charge in [0.2, 0.25) is 0 Å². The van der Waals surface area contributed by atoms with Gasteiger partial charge in [0.1, 0.15) is 5.82 Å². The van der Waals surface area contributed by atoms with Gasteiger partial charge in [-0.1, -0.05) is 18.2 Å². The highest BCUT2D eigenvalue weighted by atomic mass is 15.0. The van der Waals surface area contributed by atoms with E-state index in [-0.39, 0.29) is 0 Å². The molecule has 3 N–H and O–H groups in total. The average molecular weight is 376 g/mol. The van der Waals surface area contributed by atoms with Gasteiger partial charge in [-0.3, -0.25) is 4.98 Å². The highest BCUT2D eigenvalue weighted by Gasteiger charge is 2.30. The van der Waals surface area contributed by atoms with Gasteiger partial charge in [-0.05, 0) is 74.9 Å². The topological polar surface area (TPSA) is 65.6 Å². The maximum absolute atomic E-state index is 4.85. The number of imidazole rings is 1. The molecular formula is C23H29N5. The standard InChI is InChI=1S/C23H29N5/c1-2-10-19-18(9-1)27-22(28-19)14-21(17-8-4-12-24-15-17)26-20-11-3-6-16-7-5-13-25-23(16)20/h1-2,5,7,9-10,13,17,20-21,24,26H,3-4,6,8,11-12,14-15H2,(H,27,28). The Labute approximate surface area is 166 Å². The summed E-state index contributed by atoms with van der Waals surface area (Å²) < 4.78 is 0. The predicted octanol–water partition coefficient (Wildman–Crippen LogP) is 3.54. The number of hydrogen-bond acceptors (Lipinski definition) is 4. The van der Waals surface area contributed by atoms with Crippen molar-refractivity contribution in [3.05, 3.63) is 59.7 Å². The molecule has 0 bridgehead atoms. The van der Waals surface area contributed by atoms with Crippen LogP contribution in [0.1, 0.15) is 48.8 Å². The number of nitrogens with one attached hydrogen (secondary N) is 3. The summed E-state index contributed by atoms with van der Waals surface area (Å²) in [6.45, 7) is 2.22. The van der Waals surface area contributed by atoms with Gasteiger partial charge < -0.3 is 15.6 Å².